The second kappa shape index (κ2) is 5.03. The van der Waals surface area contributed by atoms with Crippen molar-refractivity contribution in [2.75, 3.05) is 0 Å². The fourth-order valence-corrected chi connectivity index (χ4v) is 4.53. The lowest BCUT2D eigenvalue weighted by molar-refractivity contribution is 0.590. The Morgan fingerprint density at radius 2 is 1.87 bits per heavy atom. The van der Waals surface area contributed by atoms with Crippen LogP contribution < -0.4 is 5.56 Å². The van der Waals surface area contributed by atoms with Crippen molar-refractivity contribution < 1.29 is 0 Å². The molecule has 1 aliphatic carbocycles. The van der Waals surface area contributed by atoms with Crippen LogP contribution in [-0.2, 0) is 18.3 Å². The summed E-state index contributed by atoms with van der Waals surface area (Å²) in [5.74, 6) is 0.669. The first-order valence-electron chi connectivity index (χ1n) is 8.09. The molecule has 2 aromatic heterocycles. The minimum absolute atomic E-state index is 0.00398. The molecule has 0 spiro atoms. The van der Waals surface area contributed by atoms with E-state index in [4.69, 9.17) is 4.98 Å². The molecule has 3 nitrogen and oxygen atoms in total. The van der Waals surface area contributed by atoms with Crippen LogP contribution in [0.3, 0.4) is 0 Å². The number of aromatic nitrogens is 2. The molecule has 1 aromatic carbocycles. The molecule has 0 saturated carbocycles. The molecule has 3 aromatic rings. The topological polar surface area (TPSA) is 45.8 Å². The van der Waals surface area contributed by atoms with Crippen molar-refractivity contribution in [3.63, 3.8) is 0 Å². The van der Waals surface area contributed by atoms with E-state index in [1.807, 2.05) is 12.1 Å². The summed E-state index contributed by atoms with van der Waals surface area (Å²) in [6.07, 6.45) is 3.26. The van der Waals surface area contributed by atoms with Crippen molar-refractivity contribution in [1.29, 1.82) is 0 Å². The number of aromatic amines is 1. The molecule has 4 rings (SSSR count). The molecule has 118 valence electrons. The molecule has 0 amide bonds. The number of thiophene rings is 1. The molecule has 2 heterocycles. The van der Waals surface area contributed by atoms with Gasteiger partial charge in [-0.1, -0.05) is 45.0 Å². The van der Waals surface area contributed by atoms with Gasteiger partial charge in [0.05, 0.1) is 5.39 Å². The Kier molecular flexibility index (Phi) is 3.20. The van der Waals surface area contributed by atoms with Crippen LogP contribution in [0.25, 0.3) is 21.6 Å². The summed E-state index contributed by atoms with van der Waals surface area (Å²) in [5, 5.41) is 0.817. The maximum Gasteiger partial charge on any atom is 0.260 e. The standard InChI is InChI=1S/C19H20N2OS/c1-19(2,3)12-9-7-11(8-10-12)16-20-17(22)15-13-5-4-6-14(13)23-18(15)21-16/h7-10H,4-6H2,1-3H3,(H,20,21,22). The number of fused-ring (bicyclic) bond motifs is 3. The molecular weight excluding hydrogens is 304 g/mol. The highest BCUT2D eigenvalue weighted by atomic mass is 32.1. The van der Waals surface area contributed by atoms with Crippen LogP contribution in [0, 0.1) is 0 Å². The van der Waals surface area contributed by atoms with Crippen molar-refractivity contribution >= 4 is 21.6 Å². The zero-order chi connectivity index (χ0) is 16.2. The SMILES string of the molecule is CC(C)(C)c1ccc(-c2nc3sc4c(c3c(=O)[nH]2)CCC4)cc1. The highest BCUT2D eigenvalue weighted by Gasteiger charge is 2.21. The van der Waals surface area contributed by atoms with E-state index in [0.29, 0.717) is 5.82 Å². The van der Waals surface area contributed by atoms with E-state index in [1.165, 1.54) is 16.0 Å². The number of H-pyrrole nitrogens is 1. The minimum atomic E-state index is 0.00398. The maximum atomic E-state index is 12.5. The van der Waals surface area contributed by atoms with Crippen molar-refractivity contribution in [3.8, 4) is 11.4 Å². The smallest absolute Gasteiger partial charge is 0.260 e. The molecule has 1 N–H and O–H groups in total. The van der Waals surface area contributed by atoms with Gasteiger partial charge in [-0.2, -0.15) is 0 Å². The van der Waals surface area contributed by atoms with Crippen molar-refractivity contribution in [3.05, 3.63) is 50.6 Å². The number of hydrogen-bond acceptors (Lipinski definition) is 3. The first-order chi connectivity index (χ1) is 10.9. The summed E-state index contributed by atoms with van der Waals surface area (Å²) < 4.78 is 0. The van der Waals surface area contributed by atoms with Gasteiger partial charge in [-0.15, -0.1) is 11.3 Å². The second-order valence-electron chi connectivity index (χ2n) is 7.28. The van der Waals surface area contributed by atoms with Gasteiger partial charge in [0.1, 0.15) is 10.7 Å². The van der Waals surface area contributed by atoms with Gasteiger partial charge in [0.15, 0.2) is 0 Å². The lowest BCUT2D eigenvalue weighted by Crippen LogP contribution is -2.11. The summed E-state index contributed by atoms with van der Waals surface area (Å²) in [6.45, 7) is 6.59. The zero-order valence-electron chi connectivity index (χ0n) is 13.7. The van der Waals surface area contributed by atoms with Crippen LogP contribution in [0.15, 0.2) is 29.1 Å². The maximum absolute atomic E-state index is 12.5. The molecule has 0 atom stereocenters. The second-order valence-corrected chi connectivity index (χ2v) is 8.36. The normalized spacial score (nSPS) is 14.4. The van der Waals surface area contributed by atoms with Gasteiger partial charge in [0, 0.05) is 10.4 Å². The average molecular weight is 324 g/mol. The van der Waals surface area contributed by atoms with Crippen molar-refractivity contribution in [1.82, 2.24) is 9.97 Å². The number of hydrogen-bond donors (Lipinski definition) is 1. The van der Waals surface area contributed by atoms with Gasteiger partial charge >= 0.3 is 0 Å². The first-order valence-corrected chi connectivity index (χ1v) is 8.90. The quantitative estimate of drug-likeness (QED) is 0.719. The Hall–Kier alpha value is -1.94. The molecule has 0 saturated heterocycles. The van der Waals surface area contributed by atoms with Crippen LogP contribution in [0.1, 0.15) is 43.2 Å². The monoisotopic (exact) mass is 324 g/mol. The number of rotatable bonds is 1. The Bertz CT molecular complexity index is 942. The molecule has 0 radical (unpaired) electrons. The van der Waals surface area contributed by atoms with Gasteiger partial charge in [0.25, 0.3) is 5.56 Å². The third-order valence-electron chi connectivity index (χ3n) is 4.60. The predicted molar refractivity (Wildman–Crippen MR) is 96.4 cm³/mol. The third-order valence-corrected chi connectivity index (χ3v) is 5.79. The van der Waals surface area contributed by atoms with Crippen molar-refractivity contribution in [2.24, 2.45) is 0 Å². The molecule has 0 bridgehead atoms. The van der Waals surface area contributed by atoms with Gasteiger partial charge in [-0.25, -0.2) is 4.98 Å². The Balaban J connectivity index is 1.82. The lowest BCUT2D eigenvalue weighted by Gasteiger charge is -2.19. The van der Waals surface area contributed by atoms with Crippen LogP contribution in [-0.4, -0.2) is 9.97 Å². The summed E-state index contributed by atoms with van der Waals surface area (Å²) in [7, 11) is 0. The van der Waals surface area contributed by atoms with Crippen LogP contribution in [0.5, 0.6) is 0 Å². The third kappa shape index (κ3) is 2.41. The summed E-state index contributed by atoms with van der Waals surface area (Å²) >= 11 is 1.69. The predicted octanol–water partition coefficient (Wildman–Crippen LogP) is 4.44. The van der Waals surface area contributed by atoms with Gasteiger partial charge in [-0.05, 0) is 35.8 Å². The molecule has 0 aliphatic heterocycles. The fourth-order valence-electron chi connectivity index (χ4n) is 3.27. The molecular formula is C19H20N2OS. The van der Waals surface area contributed by atoms with Gasteiger partial charge in [-0.3, -0.25) is 4.79 Å². The summed E-state index contributed by atoms with van der Waals surface area (Å²) in [5.41, 5.74) is 3.60. The van der Waals surface area contributed by atoms with Crippen molar-refractivity contribution in [2.45, 2.75) is 45.4 Å². The highest BCUT2D eigenvalue weighted by molar-refractivity contribution is 7.18. The van der Waals surface area contributed by atoms with E-state index in [2.05, 4.69) is 37.9 Å². The summed E-state index contributed by atoms with van der Waals surface area (Å²) in [4.78, 5) is 22.5. The van der Waals surface area contributed by atoms with E-state index in [0.717, 1.165) is 35.0 Å². The van der Waals surface area contributed by atoms with E-state index in [9.17, 15) is 4.79 Å². The van der Waals surface area contributed by atoms with E-state index >= 15 is 0 Å². The highest BCUT2D eigenvalue weighted by Crippen LogP contribution is 2.35. The zero-order valence-corrected chi connectivity index (χ0v) is 14.5. The molecule has 0 unspecified atom stereocenters. The Morgan fingerprint density at radius 3 is 2.57 bits per heavy atom. The van der Waals surface area contributed by atoms with E-state index in [-0.39, 0.29) is 11.0 Å². The van der Waals surface area contributed by atoms with E-state index in [1.54, 1.807) is 11.3 Å². The van der Waals surface area contributed by atoms with Gasteiger partial charge in [0.2, 0.25) is 0 Å². The number of nitrogens with one attached hydrogen (secondary N) is 1. The van der Waals surface area contributed by atoms with E-state index < -0.39 is 0 Å². The molecule has 4 heteroatoms. The van der Waals surface area contributed by atoms with Crippen LogP contribution in [0.4, 0.5) is 0 Å². The van der Waals surface area contributed by atoms with Crippen LogP contribution in [0.2, 0.25) is 0 Å². The Labute approximate surface area is 139 Å². The molecule has 0 fully saturated rings. The number of aryl methyl sites for hydroxylation is 2. The summed E-state index contributed by atoms with van der Waals surface area (Å²) in [6, 6.07) is 8.33. The minimum Gasteiger partial charge on any atom is -0.306 e. The number of nitrogens with zero attached hydrogens (tertiary/aromatic N) is 1. The lowest BCUT2D eigenvalue weighted by atomic mass is 9.87. The molecule has 23 heavy (non-hydrogen) atoms. The largest absolute Gasteiger partial charge is 0.306 e. The van der Waals surface area contributed by atoms with Crippen LogP contribution >= 0.6 is 11.3 Å². The Morgan fingerprint density at radius 1 is 1.13 bits per heavy atom. The van der Waals surface area contributed by atoms with Gasteiger partial charge < -0.3 is 4.98 Å². The average Bonchev–Trinajstić information content (AvgIpc) is 3.06. The first kappa shape index (κ1) is 14.6. The number of benzene rings is 1. The fraction of sp³-hybridized carbons (Fsp3) is 0.368. The molecule has 1 aliphatic rings.